The van der Waals surface area contributed by atoms with Crippen molar-refractivity contribution in [1.82, 2.24) is 9.88 Å². The van der Waals surface area contributed by atoms with E-state index in [-0.39, 0.29) is 5.91 Å². The SMILES string of the molecule is O=C(CSc1nc2ccccc2s1)N1CCC(S(=O)(=O)c2ccccc2)CC1. The highest BCUT2D eigenvalue weighted by Crippen LogP contribution is 2.30. The van der Waals surface area contributed by atoms with Crippen molar-refractivity contribution in [2.75, 3.05) is 18.8 Å². The summed E-state index contributed by atoms with van der Waals surface area (Å²) in [5.41, 5.74) is 0.953. The summed E-state index contributed by atoms with van der Waals surface area (Å²) in [5, 5.41) is -0.420. The van der Waals surface area contributed by atoms with E-state index in [0.29, 0.717) is 36.6 Å². The molecule has 146 valence electrons. The Bertz CT molecular complexity index is 1040. The van der Waals surface area contributed by atoms with Gasteiger partial charge in [0.2, 0.25) is 5.91 Å². The number of carbonyl (C=O) groups excluding carboxylic acids is 1. The smallest absolute Gasteiger partial charge is 0.233 e. The third-order valence-electron chi connectivity index (χ3n) is 4.90. The zero-order valence-electron chi connectivity index (χ0n) is 15.2. The van der Waals surface area contributed by atoms with Crippen LogP contribution in [0.4, 0.5) is 0 Å². The summed E-state index contributed by atoms with van der Waals surface area (Å²) in [6, 6.07) is 16.5. The number of carbonyl (C=O) groups is 1. The first-order chi connectivity index (χ1) is 13.5. The van der Waals surface area contributed by atoms with Gasteiger partial charge in [0.05, 0.1) is 26.1 Å². The monoisotopic (exact) mass is 432 g/mol. The largest absolute Gasteiger partial charge is 0.342 e. The minimum atomic E-state index is -3.33. The van der Waals surface area contributed by atoms with Crippen molar-refractivity contribution < 1.29 is 13.2 Å². The molecule has 0 aliphatic carbocycles. The lowest BCUT2D eigenvalue weighted by atomic mass is 10.1. The molecule has 1 aliphatic heterocycles. The van der Waals surface area contributed by atoms with Crippen LogP contribution in [0, 0.1) is 0 Å². The van der Waals surface area contributed by atoms with Gasteiger partial charge in [-0.2, -0.15) is 0 Å². The van der Waals surface area contributed by atoms with Crippen LogP contribution in [0.15, 0.2) is 63.8 Å². The van der Waals surface area contributed by atoms with E-state index < -0.39 is 15.1 Å². The van der Waals surface area contributed by atoms with Crippen LogP contribution in [0.3, 0.4) is 0 Å². The molecular formula is C20H20N2O3S3. The average Bonchev–Trinajstić information content (AvgIpc) is 3.16. The standard InChI is InChI=1S/C20H20N2O3S3/c23-19(14-26-20-21-17-8-4-5-9-18(17)27-20)22-12-10-16(11-13-22)28(24,25)15-6-2-1-3-7-15/h1-9,16H,10-14H2. The van der Waals surface area contributed by atoms with Crippen LogP contribution >= 0.6 is 23.1 Å². The first kappa shape index (κ1) is 19.4. The molecule has 0 N–H and O–H groups in total. The quantitative estimate of drug-likeness (QED) is 0.573. The van der Waals surface area contributed by atoms with E-state index in [0.717, 1.165) is 14.6 Å². The molecule has 0 atom stereocenters. The van der Waals surface area contributed by atoms with Crippen LogP contribution in [0.1, 0.15) is 12.8 Å². The maximum atomic E-state index is 12.7. The van der Waals surface area contributed by atoms with Gasteiger partial charge in [-0.3, -0.25) is 4.79 Å². The van der Waals surface area contributed by atoms with Crippen molar-refractivity contribution in [3.8, 4) is 0 Å². The molecular weight excluding hydrogens is 412 g/mol. The van der Waals surface area contributed by atoms with E-state index in [1.165, 1.54) is 11.8 Å². The topological polar surface area (TPSA) is 67.3 Å². The van der Waals surface area contributed by atoms with Crippen molar-refractivity contribution >= 4 is 49.1 Å². The first-order valence-corrected chi connectivity index (χ1v) is 12.4. The predicted molar refractivity (Wildman–Crippen MR) is 114 cm³/mol. The van der Waals surface area contributed by atoms with Gasteiger partial charge in [0, 0.05) is 13.1 Å². The third-order valence-corrected chi connectivity index (χ3v) is 9.34. The van der Waals surface area contributed by atoms with Crippen molar-refractivity contribution in [3.63, 3.8) is 0 Å². The minimum Gasteiger partial charge on any atom is -0.342 e. The summed E-state index contributed by atoms with van der Waals surface area (Å²) in [6.07, 6.45) is 0.962. The number of rotatable bonds is 5. The number of thioether (sulfide) groups is 1. The molecule has 2 heterocycles. The molecule has 1 fully saturated rings. The highest BCUT2D eigenvalue weighted by Gasteiger charge is 2.32. The number of fused-ring (bicyclic) bond motifs is 1. The number of aromatic nitrogens is 1. The number of thiazole rings is 1. The molecule has 4 rings (SSSR count). The molecule has 3 aromatic rings. The summed E-state index contributed by atoms with van der Waals surface area (Å²) < 4.78 is 27.5. The maximum absolute atomic E-state index is 12.7. The fraction of sp³-hybridized carbons (Fsp3) is 0.300. The Morgan fingerprint density at radius 2 is 1.75 bits per heavy atom. The van der Waals surface area contributed by atoms with Crippen molar-refractivity contribution in [2.24, 2.45) is 0 Å². The van der Waals surface area contributed by atoms with Gasteiger partial charge in [-0.15, -0.1) is 11.3 Å². The number of likely N-dealkylation sites (tertiary alicyclic amines) is 1. The molecule has 1 saturated heterocycles. The molecule has 0 radical (unpaired) electrons. The van der Waals surface area contributed by atoms with Gasteiger partial charge in [0.1, 0.15) is 0 Å². The summed E-state index contributed by atoms with van der Waals surface area (Å²) in [4.78, 5) is 19.2. The zero-order chi connectivity index (χ0) is 19.6. The van der Waals surface area contributed by atoms with E-state index in [4.69, 9.17) is 0 Å². The van der Waals surface area contributed by atoms with Crippen molar-refractivity contribution in [1.29, 1.82) is 0 Å². The van der Waals surface area contributed by atoms with Crippen LogP contribution in [0.2, 0.25) is 0 Å². The lowest BCUT2D eigenvalue weighted by Gasteiger charge is -2.31. The summed E-state index contributed by atoms with van der Waals surface area (Å²) in [7, 11) is -3.33. The Kier molecular flexibility index (Phi) is 5.70. The molecule has 0 bridgehead atoms. The Morgan fingerprint density at radius 3 is 2.46 bits per heavy atom. The van der Waals surface area contributed by atoms with Gasteiger partial charge in [-0.05, 0) is 37.1 Å². The van der Waals surface area contributed by atoms with E-state index in [2.05, 4.69) is 4.98 Å². The molecule has 28 heavy (non-hydrogen) atoms. The Morgan fingerprint density at radius 1 is 1.07 bits per heavy atom. The number of amides is 1. The number of nitrogens with zero attached hydrogens (tertiary/aromatic N) is 2. The predicted octanol–water partition coefficient (Wildman–Crippen LogP) is 3.85. The van der Waals surface area contributed by atoms with Crippen LogP contribution < -0.4 is 0 Å². The Balaban J connectivity index is 1.32. The fourth-order valence-corrected chi connectivity index (χ4v) is 7.07. The minimum absolute atomic E-state index is 0.0415. The fourth-order valence-electron chi connectivity index (χ4n) is 3.35. The number of sulfone groups is 1. The number of benzene rings is 2. The molecule has 0 spiro atoms. The van der Waals surface area contributed by atoms with Crippen molar-refractivity contribution in [3.05, 3.63) is 54.6 Å². The highest BCUT2D eigenvalue weighted by atomic mass is 32.2. The van der Waals surface area contributed by atoms with E-state index in [1.54, 1.807) is 40.5 Å². The van der Waals surface area contributed by atoms with Gasteiger partial charge >= 0.3 is 0 Å². The normalized spacial score (nSPS) is 15.8. The third kappa shape index (κ3) is 4.09. The summed E-state index contributed by atoms with van der Waals surface area (Å²) >= 11 is 3.04. The number of piperidine rings is 1. The zero-order valence-corrected chi connectivity index (χ0v) is 17.6. The van der Waals surface area contributed by atoms with Crippen LogP contribution in [0.5, 0.6) is 0 Å². The lowest BCUT2D eigenvalue weighted by Crippen LogP contribution is -2.43. The van der Waals surface area contributed by atoms with Crippen LogP contribution in [-0.2, 0) is 14.6 Å². The number of hydrogen-bond acceptors (Lipinski definition) is 6. The lowest BCUT2D eigenvalue weighted by molar-refractivity contribution is -0.129. The second-order valence-electron chi connectivity index (χ2n) is 6.67. The van der Waals surface area contributed by atoms with E-state index in [1.807, 2.05) is 30.3 Å². The molecule has 8 heteroatoms. The first-order valence-electron chi connectivity index (χ1n) is 9.09. The molecule has 5 nitrogen and oxygen atoms in total. The second-order valence-corrected chi connectivity index (χ2v) is 11.2. The summed E-state index contributed by atoms with van der Waals surface area (Å²) in [6.45, 7) is 0.964. The Hall–Kier alpha value is -1.90. The molecule has 1 aromatic heterocycles. The summed E-state index contributed by atoms with van der Waals surface area (Å²) in [5.74, 6) is 0.371. The molecule has 1 aliphatic rings. The molecule has 1 amide bonds. The van der Waals surface area contributed by atoms with Crippen LogP contribution in [-0.4, -0.2) is 48.3 Å². The van der Waals surface area contributed by atoms with Gasteiger partial charge in [-0.25, -0.2) is 13.4 Å². The molecule has 0 unspecified atom stereocenters. The van der Waals surface area contributed by atoms with Crippen LogP contribution in [0.25, 0.3) is 10.2 Å². The molecule has 2 aromatic carbocycles. The molecule has 0 saturated carbocycles. The van der Waals surface area contributed by atoms with E-state index in [9.17, 15) is 13.2 Å². The van der Waals surface area contributed by atoms with E-state index >= 15 is 0 Å². The number of para-hydroxylation sites is 1. The van der Waals surface area contributed by atoms with Gasteiger partial charge < -0.3 is 4.90 Å². The van der Waals surface area contributed by atoms with Crippen molar-refractivity contribution in [2.45, 2.75) is 27.3 Å². The van der Waals surface area contributed by atoms with Gasteiger partial charge in [0.25, 0.3) is 0 Å². The highest BCUT2D eigenvalue weighted by molar-refractivity contribution is 8.01. The van der Waals surface area contributed by atoms with Gasteiger partial charge in [-0.1, -0.05) is 42.1 Å². The maximum Gasteiger partial charge on any atom is 0.233 e. The van der Waals surface area contributed by atoms with Gasteiger partial charge in [0.15, 0.2) is 14.2 Å². The second kappa shape index (κ2) is 8.23. The Labute approximate surface area is 172 Å². The number of hydrogen-bond donors (Lipinski definition) is 0. The average molecular weight is 433 g/mol.